The van der Waals surface area contributed by atoms with E-state index in [4.69, 9.17) is 4.74 Å². The highest BCUT2D eigenvalue weighted by molar-refractivity contribution is 5.95. The van der Waals surface area contributed by atoms with Crippen LogP contribution in [0, 0.1) is 17.3 Å². The number of carbonyl (C=O) groups is 2. The molecule has 1 aromatic rings. The molecule has 1 N–H and O–H groups in total. The Bertz CT molecular complexity index is 652. The van der Waals surface area contributed by atoms with Gasteiger partial charge in [-0.05, 0) is 61.8 Å². The van der Waals surface area contributed by atoms with E-state index in [0.717, 1.165) is 25.2 Å². The van der Waals surface area contributed by atoms with Gasteiger partial charge in [0.1, 0.15) is 5.75 Å². The van der Waals surface area contributed by atoms with Crippen LogP contribution in [0.2, 0.25) is 0 Å². The lowest BCUT2D eigenvalue weighted by molar-refractivity contribution is -0.149. The Kier molecular flexibility index (Phi) is 3.74. The quantitative estimate of drug-likeness (QED) is 0.902. The number of amides is 1. The van der Waals surface area contributed by atoms with Gasteiger partial charge in [0.15, 0.2) is 0 Å². The molecule has 3 aliphatic rings. The minimum Gasteiger partial charge on any atom is -0.493 e. The Labute approximate surface area is 141 Å². The second kappa shape index (κ2) is 5.80. The van der Waals surface area contributed by atoms with Crippen molar-refractivity contribution in [2.45, 2.75) is 32.1 Å². The summed E-state index contributed by atoms with van der Waals surface area (Å²) in [7, 11) is 0. The molecule has 1 aromatic carbocycles. The fourth-order valence-corrected chi connectivity index (χ4v) is 4.17. The molecule has 0 bridgehead atoms. The summed E-state index contributed by atoms with van der Waals surface area (Å²) in [6.07, 6.45) is 5.04. The number of carboxylic acid groups (broad SMARTS) is 1. The van der Waals surface area contributed by atoms with Crippen molar-refractivity contribution in [2.24, 2.45) is 17.3 Å². The molecule has 1 saturated heterocycles. The van der Waals surface area contributed by atoms with Gasteiger partial charge >= 0.3 is 5.97 Å². The predicted molar refractivity (Wildman–Crippen MR) is 88.0 cm³/mol. The average Bonchev–Trinajstić information content (AvgIpc) is 3.19. The Morgan fingerprint density at radius 2 is 1.96 bits per heavy atom. The standard InChI is InChI=1S/C19H23NO4/c21-17(14-5-7-16(8-6-14)24-11-13-3-4-13)20-10-15-2-1-9-19(15,12-20)18(22)23/h5-8,13,15H,1-4,9-12H2,(H,22,23)/t15-,19+/m0/s1. The molecule has 3 fully saturated rings. The summed E-state index contributed by atoms with van der Waals surface area (Å²) in [6, 6.07) is 7.23. The molecule has 4 rings (SSSR count). The normalized spacial score (nSPS) is 28.7. The first-order valence-electron chi connectivity index (χ1n) is 8.84. The second-order valence-electron chi connectivity index (χ2n) is 7.51. The molecule has 2 aliphatic carbocycles. The molecule has 128 valence electrons. The smallest absolute Gasteiger partial charge is 0.311 e. The van der Waals surface area contributed by atoms with E-state index in [2.05, 4.69) is 0 Å². The number of carboxylic acids is 1. The van der Waals surface area contributed by atoms with Crippen LogP contribution in [-0.2, 0) is 4.79 Å². The van der Waals surface area contributed by atoms with Crippen molar-refractivity contribution in [3.8, 4) is 5.75 Å². The Balaban J connectivity index is 1.43. The van der Waals surface area contributed by atoms with Crippen molar-refractivity contribution in [1.29, 1.82) is 0 Å². The number of benzene rings is 1. The SMILES string of the molecule is O=C(c1ccc(OCC2CC2)cc1)N1C[C@@H]2CCC[C@@]2(C(=O)O)C1. The van der Waals surface area contributed by atoms with Gasteiger partial charge in [0.2, 0.25) is 0 Å². The zero-order valence-corrected chi connectivity index (χ0v) is 13.7. The summed E-state index contributed by atoms with van der Waals surface area (Å²) in [4.78, 5) is 26.2. The number of rotatable bonds is 5. The van der Waals surface area contributed by atoms with E-state index < -0.39 is 11.4 Å². The van der Waals surface area contributed by atoms with Crippen LogP contribution in [0.25, 0.3) is 0 Å². The van der Waals surface area contributed by atoms with Crippen LogP contribution in [0.15, 0.2) is 24.3 Å². The molecule has 0 aromatic heterocycles. The largest absolute Gasteiger partial charge is 0.493 e. The third-order valence-electron chi connectivity index (χ3n) is 5.87. The van der Waals surface area contributed by atoms with Gasteiger partial charge < -0.3 is 14.7 Å². The first kappa shape index (κ1) is 15.5. The van der Waals surface area contributed by atoms with Gasteiger partial charge in [-0.3, -0.25) is 9.59 Å². The van der Waals surface area contributed by atoms with Crippen molar-refractivity contribution in [3.63, 3.8) is 0 Å². The van der Waals surface area contributed by atoms with Gasteiger partial charge in [-0.25, -0.2) is 0 Å². The van der Waals surface area contributed by atoms with Crippen LogP contribution in [0.5, 0.6) is 5.75 Å². The number of aliphatic carboxylic acids is 1. The fourth-order valence-electron chi connectivity index (χ4n) is 4.17. The van der Waals surface area contributed by atoms with Gasteiger partial charge in [-0.2, -0.15) is 0 Å². The molecular weight excluding hydrogens is 306 g/mol. The highest BCUT2D eigenvalue weighted by atomic mass is 16.5. The Hall–Kier alpha value is -2.04. The maximum Gasteiger partial charge on any atom is 0.311 e. The number of hydrogen-bond acceptors (Lipinski definition) is 3. The van der Waals surface area contributed by atoms with Crippen LogP contribution in [0.4, 0.5) is 0 Å². The molecule has 1 aliphatic heterocycles. The maximum atomic E-state index is 12.7. The summed E-state index contributed by atoms with van der Waals surface area (Å²) in [5.74, 6) is 0.768. The summed E-state index contributed by atoms with van der Waals surface area (Å²) < 4.78 is 5.70. The minimum absolute atomic E-state index is 0.0706. The monoisotopic (exact) mass is 329 g/mol. The molecule has 1 heterocycles. The molecule has 0 radical (unpaired) electrons. The Morgan fingerprint density at radius 1 is 1.21 bits per heavy atom. The van der Waals surface area contributed by atoms with Gasteiger partial charge in [0.25, 0.3) is 5.91 Å². The van der Waals surface area contributed by atoms with E-state index in [0.29, 0.717) is 31.0 Å². The second-order valence-corrected chi connectivity index (χ2v) is 7.51. The zero-order valence-electron chi connectivity index (χ0n) is 13.7. The highest BCUT2D eigenvalue weighted by Gasteiger charge is 2.55. The fraction of sp³-hybridized carbons (Fsp3) is 0.579. The molecule has 5 nitrogen and oxygen atoms in total. The molecule has 0 unspecified atom stereocenters. The number of nitrogens with zero attached hydrogens (tertiary/aromatic N) is 1. The molecule has 2 atom stereocenters. The maximum absolute atomic E-state index is 12.7. The first-order valence-corrected chi connectivity index (χ1v) is 8.84. The number of ether oxygens (including phenoxy) is 1. The molecule has 0 spiro atoms. The average molecular weight is 329 g/mol. The lowest BCUT2D eigenvalue weighted by Gasteiger charge is -2.23. The first-order chi connectivity index (χ1) is 11.6. The third-order valence-corrected chi connectivity index (χ3v) is 5.87. The van der Waals surface area contributed by atoms with E-state index in [1.807, 2.05) is 12.1 Å². The molecule has 1 amide bonds. The predicted octanol–water partition coefficient (Wildman–Crippen LogP) is 2.80. The molecular formula is C19H23NO4. The van der Waals surface area contributed by atoms with E-state index in [1.54, 1.807) is 17.0 Å². The van der Waals surface area contributed by atoms with Crippen molar-refractivity contribution in [3.05, 3.63) is 29.8 Å². The minimum atomic E-state index is -0.746. The molecule has 2 saturated carbocycles. The van der Waals surface area contributed by atoms with Crippen molar-refractivity contribution in [1.82, 2.24) is 4.90 Å². The van der Waals surface area contributed by atoms with Crippen LogP contribution in [0.3, 0.4) is 0 Å². The van der Waals surface area contributed by atoms with Crippen LogP contribution in [-0.4, -0.2) is 41.6 Å². The van der Waals surface area contributed by atoms with Gasteiger partial charge in [-0.1, -0.05) is 6.42 Å². The van der Waals surface area contributed by atoms with E-state index in [9.17, 15) is 14.7 Å². The van der Waals surface area contributed by atoms with Gasteiger partial charge in [0, 0.05) is 18.7 Å². The van der Waals surface area contributed by atoms with Gasteiger partial charge in [0.05, 0.1) is 12.0 Å². The molecule has 24 heavy (non-hydrogen) atoms. The summed E-state index contributed by atoms with van der Waals surface area (Å²) >= 11 is 0. The topological polar surface area (TPSA) is 66.8 Å². The van der Waals surface area contributed by atoms with Crippen LogP contribution < -0.4 is 4.74 Å². The summed E-state index contributed by atoms with van der Waals surface area (Å²) in [6.45, 7) is 1.65. The molecule has 5 heteroatoms. The van der Waals surface area contributed by atoms with Crippen LogP contribution >= 0.6 is 0 Å². The van der Waals surface area contributed by atoms with Gasteiger partial charge in [-0.15, -0.1) is 0 Å². The van der Waals surface area contributed by atoms with E-state index in [1.165, 1.54) is 12.8 Å². The van der Waals surface area contributed by atoms with Crippen molar-refractivity contribution < 1.29 is 19.4 Å². The third kappa shape index (κ3) is 2.66. The Morgan fingerprint density at radius 3 is 2.58 bits per heavy atom. The number of fused-ring (bicyclic) bond motifs is 1. The lowest BCUT2D eigenvalue weighted by atomic mass is 9.81. The number of likely N-dealkylation sites (tertiary alicyclic amines) is 1. The van der Waals surface area contributed by atoms with Crippen molar-refractivity contribution in [2.75, 3.05) is 19.7 Å². The van der Waals surface area contributed by atoms with Crippen molar-refractivity contribution >= 4 is 11.9 Å². The zero-order chi connectivity index (χ0) is 16.7. The van der Waals surface area contributed by atoms with E-state index in [-0.39, 0.29) is 11.8 Å². The van der Waals surface area contributed by atoms with E-state index >= 15 is 0 Å². The summed E-state index contributed by atoms with van der Waals surface area (Å²) in [5, 5.41) is 9.64. The summed E-state index contributed by atoms with van der Waals surface area (Å²) in [5.41, 5.74) is -0.113. The number of hydrogen-bond donors (Lipinski definition) is 1. The highest BCUT2D eigenvalue weighted by Crippen LogP contribution is 2.49. The number of carbonyl (C=O) groups excluding carboxylic acids is 1. The van der Waals surface area contributed by atoms with Crippen LogP contribution in [0.1, 0.15) is 42.5 Å². The lowest BCUT2D eigenvalue weighted by Crippen LogP contribution is -2.37.